The lowest BCUT2D eigenvalue weighted by Crippen LogP contribution is -2.22. The van der Waals surface area contributed by atoms with E-state index in [2.05, 4.69) is 84.9 Å². The zero-order valence-corrected chi connectivity index (χ0v) is 15.1. The summed E-state index contributed by atoms with van der Waals surface area (Å²) in [5, 5.41) is 5.40. The molecule has 0 heterocycles. The van der Waals surface area contributed by atoms with Crippen LogP contribution in [0.1, 0.15) is 36.3 Å². The Labute approximate surface area is 155 Å². The van der Waals surface area contributed by atoms with Gasteiger partial charge in [-0.1, -0.05) is 91.3 Å². The minimum atomic E-state index is 0.634. The predicted molar refractivity (Wildman–Crippen MR) is 112 cm³/mol. The van der Waals surface area contributed by atoms with Crippen LogP contribution in [0.3, 0.4) is 0 Å². The van der Waals surface area contributed by atoms with Crippen LogP contribution in [-0.2, 0) is 6.42 Å². The molecule has 128 valence electrons. The van der Waals surface area contributed by atoms with Crippen molar-refractivity contribution in [2.75, 3.05) is 0 Å². The molecule has 1 unspecified atom stereocenters. The van der Waals surface area contributed by atoms with E-state index in [-0.39, 0.29) is 0 Å². The van der Waals surface area contributed by atoms with Gasteiger partial charge in [0.2, 0.25) is 0 Å². The second-order valence-corrected chi connectivity index (χ2v) is 7.79. The minimum Gasteiger partial charge on any atom is -0.0616 e. The number of benzene rings is 4. The molecule has 0 N–H and O–H groups in total. The summed E-state index contributed by atoms with van der Waals surface area (Å²) in [6.45, 7) is 0. The highest BCUT2D eigenvalue weighted by atomic mass is 14.3. The predicted octanol–water partition coefficient (Wildman–Crippen LogP) is 7.12. The number of fused-ring (bicyclic) bond motifs is 2. The molecule has 0 radical (unpaired) electrons. The molecule has 1 fully saturated rings. The highest BCUT2D eigenvalue weighted by molar-refractivity contribution is 5.84. The van der Waals surface area contributed by atoms with Gasteiger partial charge in [0.25, 0.3) is 0 Å². The van der Waals surface area contributed by atoms with E-state index >= 15 is 0 Å². The van der Waals surface area contributed by atoms with Crippen LogP contribution >= 0.6 is 0 Å². The Kier molecular flexibility index (Phi) is 3.97. The molecule has 4 aromatic carbocycles. The summed E-state index contributed by atoms with van der Waals surface area (Å²) in [6.07, 6.45) is 5.30. The molecule has 0 bridgehead atoms. The van der Waals surface area contributed by atoms with Crippen LogP contribution in [0.2, 0.25) is 0 Å². The van der Waals surface area contributed by atoms with Crippen LogP contribution in [0.5, 0.6) is 0 Å². The van der Waals surface area contributed by atoms with E-state index < -0.39 is 0 Å². The van der Waals surface area contributed by atoms with Gasteiger partial charge in [-0.3, -0.25) is 0 Å². The van der Waals surface area contributed by atoms with Crippen molar-refractivity contribution < 1.29 is 0 Å². The zero-order valence-electron chi connectivity index (χ0n) is 15.1. The van der Waals surface area contributed by atoms with Crippen molar-refractivity contribution in [2.24, 2.45) is 5.92 Å². The van der Waals surface area contributed by atoms with E-state index in [1.165, 1.54) is 51.9 Å². The molecule has 1 atom stereocenters. The summed E-state index contributed by atoms with van der Waals surface area (Å²) in [7, 11) is 0. The quantitative estimate of drug-likeness (QED) is 0.372. The second-order valence-electron chi connectivity index (χ2n) is 7.79. The molecule has 1 aliphatic rings. The Morgan fingerprint density at radius 2 is 1.27 bits per heavy atom. The number of hydrogen-bond acceptors (Lipinski definition) is 0. The van der Waals surface area contributed by atoms with Crippen molar-refractivity contribution in [3.05, 3.63) is 96.1 Å². The van der Waals surface area contributed by atoms with Gasteiger partial charge in [0, 0.05) is 0 Å². The molecule has 0 aliphatic heterocycles. The third-order valence-corrected chi connectivity index (χ3v) is 6.19. The van der Waals surface area contributed by atoms with Gasteiger partial charge >= 0.3 is 0 Å². The van der Waals surface area contributed by atoms with Crippen LogP contribution < -0.4 is 0 Å². The maximum Gasteiger partial charge on any atom is -0.00929 e. The second kappa shape index (κ2) is 6.61. The summed E-state index contributed by atoms with van der Waals surface area (Å²) < 4.78 is 0. The SMILES string of the molecule is c1ccc2cc(CC(c3ccc4ccccc4c3)C3CCC3)ccc2c1. The van der Waals surface area contributed by atoms with Crippen LogP contribution in [0.15, 0.2) is 84.9 Å². The van der Waals surface area contributed by atoms with E-state index in [0.29, 0.717) is 5.92 Å². The Morgan fingerprint density at radius 3 is 1.92 bits per heavy atom. The standard InChI is InChI=1S/C26H24/c1-3-8-23-16-19(12-13-20(23)6-1)17-26(22-10-5-11-22)25-15-14-21-7-2-4-9-24(21)18-25/h1-4,6-9,12-16,18,22,26H,5,10-11,17H2. The minimum absolute atomic E-state index is 0.634. The summed E-state index contributed by atoms with van der Waals surface area (Å²) in [4.78, 5) is 0. The fourth-order valence-electron chi connectivity index (χ4n) is 4.46. The average Bonchev–Trinajstić information content (AvgIpc) is 2.65. The summed E-state index contributed by atoms with van der Waals surface area (Å²) in [5.74, 6) is 1.47. The van der Waals surface area contributed by atoms with Crippen molar-refractivity contribution in [3.63, 3.8) is 0 Å². The fourth-order valence-corrected chi connectivity index (χ4v) is 4.46. The normalized spacial score (nSPS) is 15.8. The maximum absolute atomic E-state index is 2.43. The lowest BCUT2D eigenvalue weighted by atomic mass is 9.70. The summed E-state index contributed by atoms with van der Waals surface area (Å²) in [6, 6.07) is 31.5. The lowest BCUT2D eigenvalue weighted by molar-refractivity contribution is 0.259. The Morgan fingerprint density at radius 1 is 0.654 bits per heavy atom. The van der Waals surface area contributed by atoms with Gasteiger partial charge in [0.15, 0.2) is 0 Å². The maximum atomic E-state index is 2.43. The fraction of sp³-hybridized carbons (Fsp3) is 0.231. The molecule has 5 rings (SSSR count). The number of rotatable bonds is 4. The van der Waals surface area contributed by atoms with Gasteiger partial charge in [-0.2, -0.15) is 0 Å². The van der Waals surface area contributed by atoms with E-state index in [1.54, 1.807) is 0 Å². The monoisotopic (exact) mass is 336 g/mol. The van der Waals surface area contributed by atoms with E-state index in [4.69, 9.17) is 0 Å². The first-order valence-corrected chi connectivity index (χ1v) is 9.83. The van der Waals surface area contributed by atoms with Crippen molar-refractivity contribution in [1.82, 2.24) is 0 Å². The van der Waals surface area contributed by atoms with E-state index in [1.807, 2.05) is 0 Å². The van der Waals surface area contributed by atoms with Crippen LogP contribution in [0, 0.1) is 5.92 Å². The molecular weight excluding hydrogens is 312 g/mol. The van der Waals surface area contributed by atoms with Crippen LogP contribution in [-0.4, -0.2) is 0 Å². The molecule has 4 aromatic rings. The van der Waals surface area contributed by atoms with Gasteiger partial charge in [-0.15, -0.1) is 0 Å². The van der Waals surface area contributed by atoms with Gasteiger partial charge in [-0.25, -0.2) is 0 Å². The van der Waals surface area contributed by atoms with Crippen LogP contribution in [0.4, 0.5) is 0 Å². The number of hydrogen-bond donors (Lipinski definition) is 0. The molecule has 1 aliphatic carbocycles. The lowest BCUT2D eigenvalue weighted by Gasteiger charge is -2.34. The first kappa shape index (κ1) is 15.6. The molecular formula is C26H24. The zero-order chi connectivity index (χ0) is 17.3. The third kappa shape index (κ3) is 2.90. The topological polar surface area (TPSA) is 0 Å². The van der Waals surface area contributed by atoms with Crippen molar-refractivity contribution in [3.8, 4) is 0 Å². The van der Waals surface area contributed by atoms with Gasteiger partial charge in [0.1, 0.15) is 0 Å². The Bertz CT molecular complexity index is 1060. The first-order valence-electron chi connectivity index (χ1n) is 9.83. The molecule has 1 saturated carbocycles. The Balaban J connectivity index is 1.51. The van der Waals surface area contributed by atoms with Crippen molar-refractivity contribution in [1.29, 1.82) is 0 Å². The Hall–Kier alpha value is -2.60. The van der Waals surface area contributed by atoms with Crippen molar-refractivity contribution >= 4 is 21.5 Å². The summed E-state index contributed by atoms with van der Waals surface area (Å²) in [5.41, 5.74) is 2.98. The molecule has 0 nitrogen and oxygen atoms in total. The van der Waals surface area contributed by atoms with E-state index in [9.17, 15) is 0 Å². The van der Waals surface area contributed by atoms with Gasteiger partial charge in [-0.05, 0) is 63.8 Å². The molecule has 0 amide bonds. The highest BCUT2D eigenvalue weighted by Gasteiger charge is 2.28. The van der Waals surface area contributed by atoms with E-state index in [0.717, 1.165) is 12.3 Å². The highest BCUT2D eigenvalue weighted by Crippen LogP contribution is 2.42. The van der Waals surface area contributed by atoms with Crippen LogP contribution in [0.25, 0.3) is 21.5 Å². The average molecular weight is 336 g/mol. The van der Waals surface area contributed by atoms with Gasteiger partial charge in [0.05, 0.1) is 0 Å². The molecule has 0 heteroatoms. The molecule has 0 spiro atoms. The molecule has 0 aromatic heterocycles. The molecule has 26 heavy (non-hydrogen) atoms. The first-order chi connectivity index (χ1) is 12.9. The third-order valence-electron chi connectivity index (χ3n) is 6.19. The smallest absolute Gasteiger partial charge is 0.00929 e. The van der Waals surface area contributed by atoms with Gasteiger partial charge < -0.3 is 0 Å². The van der Waals surface area contributed by atoms with Crippen molar-refractivity contribution in [2.45, 2.75) is 31.6 Å². The summed E-state index contributed by atoms with van der Waals surface area (Å²) >= 11 is 0. The largest absolute Gasteiger partial charge is 0.0616 e. The molecule has 0 saturated heterocycles.